The third kappa shape index (κ3) is 5.92. The number of carbonyl (C=O) groups excluding carboxylic acids is 2. The van der Waals surface area contributed by atoms with Crippen molar-refractivity contribution in [1.82, 2.24) is 14.7 Å². The number of hydrogen-bond acceptors (Lipinski definition) is 6. The smallest absolute Gasteiger partial charge is 0.876 e. The molecular formula is C18H23N4O3PPd. The van der Waals surface area contributed by atoms with Crippen LogP contribution in [0.5, 0.6) is 0 Å². The number of hydrogen-bond donors (Lipinski definition) is 0. The summed E-state index contributed by atoms with van der Waals surface area (Å²) in [5.74, 6) is -0.459. The van der Waals surface area contributed by atoms with Crippen molar-refractivity contribution in [3.05, 3.63) is 47.7 Å². The molecule has 0 radical (unpaired) electrons. The number of amides is 1. The molecule has 148 valence electrons. The van der Waals surface area contributed by atoms with Gasteiger partial charge in [-0.15, -0.1) is 36.1 Å². The van der Waals surface area contributed by atoms with Gasteiger partial charge in [0.2, 0.25) is 0 Å². The van der Waals surface area contributed by atoms with Crippen LogP contribution in [0, 0.1) is 6.07 Å². The van der Waals surface area contributed by atoms with Crippen molar-refractivity contribution in [3.8, 4) is 0 Å². The van der Waals surface area contributed by atoms with E-state index in [9.17, 15) is 14.7 Å². The average molecular weight is 481 g/mol. The van der Waals surface area contributed by atoms with Crippen LogP contribution >= 0.6 is 7.05 Å². The summed E-state index contributed by atoms with van der Waals surface area (Å²) >= 11 is 0. The van der Waals surface area contributed by atoms with Crippen molar-refractivity contribution in [1.29, 1.82) is 0 Å². The molecule has 9 heteroatoms. The van der Waals surface area contributed by atoms with Gasteiger partial charge in [-0.05, 0) is 13.0 Å². The molecule has 4 fully saturated rings. The van der Waals surface area contributed by atoms with Gasteiger partial charge in [0.1, 0.15) is 0 Å². The third-order valence-corrected chi connectivity index (χ3v) is 7.62. The topological polar surface area (TPSA) is 79.3 Å². The van der Waals surface area contributed by atoms with E-state index in [1.165, 1.54) is 13.8 Å². The Morgan fingerprint density at radius 3 is 2.04 bits per heavy atom. The second-order valence-corrected chi connectivity index (χ2v) is 10.2. The summed E-state index contributed by atoms with van der Waals surface area (Å²) < 4.78 is 4.65. The van der Waals surface area contributed by atoms with E-state index in [4.69, 9.17) is 0 Å². The van der Waals surface area contributed by atoms with Crippen molar-refractivity contribution >= 4 is 18.7 Å². The zero-order valence-corrected chi connectivity index (χ0v) is 17.9. The van der Waals surface area contributed by atoms with Crippen molar-refractivity contribution in [2.75, 3.05) is 38.9 Å². The Morgan fingerprint density at radius 1 is 1.11 bits per heavy atom. The van der Waals surface area contributed by atoms with Crippen LogP contribution in [0.4, 0.5) is 0 Å². The van der Waals surface area contributed by atoms with Crippen molar-refractivity contribution < 1.29 is 35.1 Å². The summed E-state index contributed by atoms with van der Waals surface area (Å²) in [4.78, 5) is 29.5. The van der Waals surface area contributed by atoms with Crippen LogP contribution in [-0.2, 0) is 25.2 Å². The number of rotatable bonds is 2. The predicted molar refractivity (Wildman–Crippen MR) is 98.1 cm³/mol. The Balaban J connectivity index is 0.000000285. The Hall–Kier alpha value is -1.13. The molecule has 1 amide bonds. The third-order valence-electron chi connectivity index (χ3n) is 4.24. The average Bonchev–Trinajstić information content (AvgIpc) is 2.53. The molecule has 5 rings (SSSR count). The van der Waals surface area contributed by atoms with Crippen LogP contribution in [0.3, 0.4) is 0 Å². The maximum Gasteiger partial charge on any atom is 2.00 e. The molecule has 0 aromatic heterocycles. The van der Waals surface area contributed by atoms with E-state index < -0.39 is 7.05 Å². The fraction of sp³-hybridized carbons (Fsp3) is 0.444. The number of ketones is 1. The summed E-state index contributed by atoms with van der Waals surface area (Å²) in [5.41, 5.74) is 0.596. The molecule has 0 atom stereocenters. The van der Waals surface area contributed by atoms with E-state index in [-0.39, 0.29) is 37.9 Å². The summed E-state index contributed by atoms with van der Waals surface area (Å²) in [6.07, 6.45) is 4.09. The van der Waals surface area contributed by atoms with E-state index in [0.717, 1.165) is 44.9 Å². The second-order valence-electron chi connectivity index (χ2n) is 7.00. The standard InChI is InChI=1S/C13H16N4OP.C5H8O2.Pd/c18-13(12-4-2-1-3-5-12)14-19-9-15-6-16(10-19)8-17(7-15)11-19;1-4(6)3-5(2)7;/h1-4H,6-11H2;3,6H,1-2H3;/q-1;;+2/p-1/b;4-3+;. The first-order valence-corrected chi connectivity index (χ1v) is 10.8. The van der Waals surface area contributed by atoms with Gasteiger partial charge in [-0.2, -0.15) is 0 Å². The summed E-state index contributed by atoms with van der Waals surface area (Å²) in [7, 11) is -1.54. The first-order valence-electron chi connectivity index (χ1n) is 8.49. The molecule has 27 heavy (non-hydrogen) atoms. The fourth-order valence-corrected chi connectivity index (χ4v) is 7.38. The van der Waals surface area contributed by atoms with Crippen LogP contribution < -0.4 is 5.11 Å². The van der Waals surface area contributed by atoms with Gasteiger partial charge in [0, 0.05) is 25.9 Å². The molecular weight excluding hydrogens is 458 g/mol. The van der Waals surface area contributed by atoms with Gasteiger partial charge >= 0.3 is 20.4 Å². The van der Waals surface area contributed by atoms with E-state index >= 15 is 0 Å². The molecule has 1 aromatic carbocycles. The number of allylic oxidation sites excluding steroid dienone is 2. The molecule has 4 aliphatic rings. The molecule has 4 saturated heterocycles. The quantitative estimate of drug-likeness (QED) is 0.209. The molecule has 4 heterocycles. The Labute approximate surface area is 173 Å². The summed E-state index contributed by atoms with van der Waals surface area (Å²) in [6, 6.07) is 10.3. The maximum absolute atomic E-state index is 12.3. The van der Waals surface area contributed by atoms with Gasteiger partial charge in [-0.3, -0.25) is 24.2 Å². The van der Waals surface area contributed by atoms with Crippen LogP contribution in [0.2, 0.25) is 0 Å². The summed E-state index contributed by atoms with van der Waals surface area (Å²) in [6.45, 7) is 5.82. The van der Waals surface area contributed by atoms with Crippen LogP contribution in [0.15, 0.2) is 40.8 Å². The van der Waals surface area contributed by atoms with Gasteiger partial charge < -0.3 is 9.90 Å². The minimum atomic E-state index is -1.54. The Morgan fingerprint density at radius 2 is 1.67 bits per heavy atom. The summed E-state index contributed by atoms with van der Waals surface area (Å²) in [5, 5.41) is 9.98. The molecule has 0 saturated carbocycles. The van der Waals surface area contributed by atoms with Crippen LogP contribution in [0.25, 0.3) is 0 Å². The molecule has 0 unspecified atom stereocenters. The van der Waals surface area contributed by atoms with Gasteiger partial charge in [0.05, 0.1) is 20.0 Å². The van der Waals surface area contributed by atoms with E-state index in [0.29, 0.717) is 5.56 Å². The van der Waals surface area contributed by atoms with Gasteiger partial charge in [-0.25, -0.2) is 0 Å². The molecule has 0 N–H and O–H groups in total. The van der Waals surface area contributed by atoms with Gasteiger partial charge in [0.25, 0.3) is 0 Å². The molecule has 0 spiro atoms. The molecule has 4 aliphatic heterocycles. The fourth-order valence-electron chi connectivity index (χ4n) is 3.66. The maximum atomic E-state index is 12.3. The molecule has 0 aliphatic carbocycles. The van der Waals surface area contributed by atoms with E-state index in [1.807, 2.05) is 12.1 Å². The minimum absolute atomic E-state index is 0. The van der Waals surface area contributed by atoms with Gasteiger partial charge in [-0.1, -0.05) is 12.5 Å². The number of nitrogens with zero attached hydrogens (tertiary/aromatic N) is 4. The van der Waals surface area contributed by atoms with E-state index in [1.54, 1.807) is 12.1 Å². The second kappa shape index (κ2) is 9.38. The molecule has 1 aromatic rings. The van der Waals surface area contributed by atoms with E-state index in [2.05, 4.69) is 25.5 Å². The Bertz CT molecular complexity index is 736. The van der Waals surface area contributed by atoms with Crippen LogP contribution in [0.1, 0.15) is 24.2 Å². The number of carbonyl (C=O) groups is 2. The van der Waals surface area contributed by atoms with Crippen LogP contribution in [-0.4, -0.2) is 65.3 Å². The van der Waals surface area contributed by atoms with Crippen molar-refractivity contribution in [3.63, 3.8) is 0 Å². The first-order chi connectivity index (χ1) is 12.3. The SMILES string of the molecule is CC(=O)/C=C(\C)[O-].O=C(N=P12CN3CN(CN(C3)C1)C2)c1[c-]cccc1.[Pd+2]. The Kier molecular flexibility index (Phi) is 7.70. The zero-order valence-electron chi connectivity index (χ0n) is 15.4. The zero-order chi connectivity index (χ0) is 18.7. The first kappa shape index (κ1) is 22.2. The van der Waals surface area contributed by atoms with Gasteiger partial charge in [0.15, 0.2) is 11.7 Å². The largest absolute Gasteiger partial charge is 2.00 e. The molecule has 4 bridgehead atoms. The predicted octanol–water partition coefficient (Wildman–Crippen LogP) is 1.36. The van der Waals surface area contributed by atoms with Crippen molar-refractivity contribution in [2.24, 2.45) is 4.74 Å². The minimum Gasteiger partial charge on any atom is -0.876 e. The monoisotopic (exact) mass is 480 g/mol. The number of benzene rings is 1. The van der Waals surface area contributed by atoms with Crippen molar-refractivity contribution in [2.45, 2.75) is 13.8 Å². The molecule has 7 nitrogen and oxygen atoms in total. The normalized spacial score (nSPS) is 30.6.